The third-order valence-electron chi connectivity index (χ3n) is 9.04. The SMILES string of the molecule is CC[CH-]I.NC(=O)C1(c2ccc(Br)cc2)CC2(C1)OCCO2.NC1(c2ccc(Br)cc2)CC2(C1)OCCO2.O=C(OI(OC(=O)C(F)(F)F)c1ccccc1)C(F)(F)F.[CH2-]CC.[V].[V]. The van der Waals surface area contributed by atoms with Crippen LogP contribution in [0.1, 0.15) is 63.5 Å². The molecule has 2 aliphatic heterocycles. The molecule has 0 atom stereocenters. The average Bonchev–Trinajstić information content (AvgIpc) is 3.89. The van der Waals surface area contributed by atoms with Crippen molar-refractivity contribution in [3.63, 3.8) is 0 Å². The van der Waals surface area contributed by atoms with Crippen molar-refractivity contribution in [3.05, 3.63) is 114 Å². The van der Waals surface area contributed by atoms with E-state index in [4.69, 9.17) is 30.4 Å². The predicted molar refractivity (Wildman–Crippen MR) is 240 cm³/mol. The first-order chi connectivity index (χ1) is 29.0. The Morgan fingerprint density at radius 2 is 1.06 bits per heavy atom. The summed E-state index contributed by atoms with van der Waals surface area (Å²) in [4.78, 5) is 33.2. The van der Waals surface area contributed by atoms with Crippen LogP contribution in [0.2, 0.25) is 0 Å². The van der Waals surface area contributed by atoms with Crippen LogP contribution in [0, 0.1) is 14.9 Å². The van der Waals surface area contributed by atoms with Gasteiger partial charge in [0.2, 0.25) is 5.91 Å². The van der Waals surface area contributed by atoms with Crippen LogP contribution in [0.15, 0.2) is 87.8 Å². The molecule has 2 saturated heterocycles. The smallest absolute Gasteiger partial charge is 0 e. The fraction of sp³-hybridized carbons (Fsp3) is 0.439. The Morgan fingerprint density at radius 3 is 1.39 bits per heavy atom. The maximum absolute atomic E-state index is 12.1. The van der Waals surface area contributed by atoms with Gasteiger partial charge in [0.15, 0.2) is 11.6 Å². The summed E-state index contributed by atoms with van der Waals surface area (Å²) in [6.07, 6.45) is -6.11. The quantitative estimate of drug-likeness (QED) is 0.133. The van der Waals surface area contributed by atoms with Gasteiger partial charge < -0.3 is 59.9 Å². The molecule has 2 spiro atoms. The fourth-order valence-electron chi connectivity index (χ4n) is 6.29. The molecule has 23 heteroatoms. The molecule has 2 heterocycles. The van der Waals surface area contributed by atoms with Crippen molar-refractivity contribution in [2.75, 3.05) is 26.4 Å². The Bertz CT molecular complexity index is 1850. The molecule has 4 fully saturated rings. The van der Waals surface area contributed by atoms with Gasteiger partial charge in [0, 0.05) is 71.7 Å². The molecule has 7 rings (SSSR count). The summed E-state index contributed by atoms with van der Waals surface area (Å²) in [6, 6.07) is 22.0. The van der Waals surface area contributed by atoms with Crippen LogP contribution in [-0.2, 0) is 87.5 Å². The van der Waals surface area contributed by atoms with Crippen LogP contribution >= 0.6 is 75.1 Å². The van der Waals surface area contributed by atoms with Gasteiger partial charge in [0.05, 0.1) is 37.4 Å². The minimum atomic E-state index is -5.41. The number of ether oxygens (including phenoxy) is 4. The Kier molecular flexibility index (Phi) is 26.0. The summed E-state index contributed by atoms with van der Waals surface area (Å²) < 4.78 is 107. The third kappa shape index (κ3) is 17.5. The van der Waals surface area contributed by atoms with Crippen LogP contribution in [0.3, 0.4) is 0 Å². The van der Waals surface area contributed by atoms with Crippen molar-refractivity contribution in [2.45, 2.75) is 87.3 Å². The minimum absolute atomic E-state index is 0. The molecule has 3 aromatic rings. The molecule has 2 saturated carbocycles. The average molecular weight is 1340 g/mol. The Labute approximate surface area is 430 Å². The van der Waals surface area contributed by atoms with E-state index in [1.54, 1.807) is 0 Å². The van der Waals surface area contributed by atoms with Gasteiger partial charge >= 0.3 is 121 Å². The molecular weight excluding hydrogens is 1290 g/mol. The first kappa shape index (κ1) is 61.1. The van der Waals surface area contributed by atoms with Crippen molar-refractivity contribution in [3.8, 4) is 0 Å². The molecule has 11 nitrogen and oxygen atoms in total. The molecule has 356 valence electrons. The largest absolute Gasteiger partial charge is 0.344 e. The Hall–Kier alpha value is -0.961. The zero-order valence-electron chi connectivity index (χ0n) is 34.4. The van der Waals surface area contributed by atoms with Crippen molar-refractivity contribution in [2.24, 2.45) is 11.5 Å². The van der Waals surface area contributed by atoms with Gasteiger partial charge in [-0.3, -0.25) is 9.22 Å². The molecule has 1 amide bonds. The van der Waals surface area contributed by atoms with E-state index < -0.39 is 56.1 Å². The molecule has 0 aromatic heterocycles. The van der Waals surface area contributed by atoms with E-state index in [9.17, 15) is 40.7 Å². The van der Waals surface area contributed by atoms with Gasteiger partial charge in [-0.2, -0.15) is 12.8 Å². The number of hydrogen-bond acceptors (Lipinski definition) is 10. The standard InChI is InChI=1S/C13H14BrNO3.C12H14BrNO2.C10H5F6IO4.C3H6I.C3H7.2V/c14-10-3-1-9(2-4-10)12(11(15)16)7-13(8-12)17-5-6-18-13;13-10-3-1-9(2-4-10)11(14)7-12(8-11)15-5-6-16-12;11-9(12,13)7(18)20-17(6-4-2-1-3-5-6)21-8(19)10(14,15)16;1-2-3-4;1-3-2;;/h1-4H,5-8H2,(H2,15,16);1-4H,5-8,14H2;1-5H;3H,2H2,1H3;1,3H2,2H3;;/q;;;2*-1;;. The first-order valence-corrected chi connectivity index (χ1v) is 24.4. The maximum Gasteiger partial charge on any atom is 0 e. The summed E-state index contributed by atoms with van der Waals surface area (Å²) in [5, 5.41) is 0. The van der Waals surface area contributed by atoms with Crippen LogP contribution in [0.5, 0.6) is 0 Å². The predicted octanol–water partition coefficient (Wildman–Crippen LogP) is 10.5. The second kappa shape index (κ2) is 27.3. The van der Waals surface area contributed by atoms with Gasteiger partial charge in [-0.15, -0.1) is 0 Å². The van der Waals surface area contributed by atoms with E-state index in [-0.39, 0.29) is 57.9 Å². The number of nitrogens with two attached hydrogens (primary N) is 2. The number of benzene rings is 3. The van der Waals surface area contributed by atoms with Crippen molar-refractivity contribution in [1.29, 1.82) is 0 Å². The van der Waals surface area contributed by atoms with E-state index in [0.717, 1.165) is 51.5 Å². The normalized spacial score (nSPS) is 19.5. The van der Waals surface area contributed by atoms with Gasteiger partial charge in [-0.1, -0.05) is 70.0 Å². The van der Waals surface area contributed by atoms with Gasteiger partial charge in [-0.05, 0) is 35.4 Å². The second-order valence-electron chi connectivity index (χ2n) is 13.8. The van der Waals surface area contributed by atoms with Crippen molar-refractivity contribution >= 4 is 92.9 Å². The fourth-order valence-corrected chi connectivity index (χ4v) is 9.65. The van der Waals surface area contributed by atoms with E-state index in [1.807, 2.05) is 43.3 Å². The maximum atomic E-state index is 12.1. The zero-order valence-corrected chi connectivity index (χ0v) is 44.6. The van der Waals surface area contributed by atoms with Gasteiger partial charge in [0.1, 0.15) is 0 Å². The second-order valence-corrected chi connectivity index (χ2v) is 19.9. The van der Waals surface area contributed by atoms with Crippen molar-refractivity contribution < 1.29 is 103 Å². The van der Waals surface area contributed by atoms with Crippen LogP contribution in [-0.4, -0.2) is 68.2 Å². The van der Waals surface area contributed by atoms with Gasteiger partial charge in [-0.25, -0.2) is 0 Å². The molecule has 0 bridgehead atoms. The molecule has 4 aliphatic rings. The summed E-state index contributed by atoms with van der Waals surface area (Å²) in [5.41, 5.74) is 13.1. The van der Waals surface area contributed by atoms with E-state index >= 15 is 0 Å². The first-order valence-electron chi connectivity index (χ1n) is 18.8. The number of hydrogen-bond donors (Lipinski definition) is 2. The van der Waals surface area contributed by atoms with E-state index in [1.165, 1.54) is 24.6 Å². The Balaban J connectivity index is 0.000000442. The molecule has 0 unspecified atom stereocenters. The molecular formula is C41H46Br2F6I2N2O9V2-2. The van der Waals surface area contributed by atoms with E-state index in [2.05, 4.69) is 91.0 Å². The number of rotatable bonds is 7. The van der Waals surface area contributed by atoms with Crippen LogP contribution in [0.4, 0.5) is 26.3 Å². The third-order valence-corrected chi connectivity index (χ3v) is 14.3. The van der Waals surface area contributed by atoms with Gasteiger partial charge in [0.25, 0.3) is 0 Å². The number of halogens is 10. The molecule has 64 heavy (non-hydrogen) atoms. The minimum Gasteiger partial charge on any atom is -0.344 e. The molecule has 2 radical (unpaired) electrons. The monoisotopic (exact) mass is 1340 g/mol. The topological polar surface area (TPSA) is 159 Å². The molecule has 4 N–H and O–H groups in total. The van der Waals surface area contributed by atoms with Crippen LogP contribution in [0.25, 0.3) is 0 Å². The Morgan fingerprint density at radius 1 is 0.719 bits per heavy atom. The summed E-state index contributed by atoms with van der Waals surface area (Å²) in [5.74, 6) is -6.71. The van der Waals surface area contributed by atoms with Crippen LogP contribution < -0.4 is 11.5 Å². The molecule has 3 aromatic carbocycles. The number of carbonyl (C=O) groups excluding carboxylic acids is 3. The number of alkyl halides is 6. The summed E-state index contributed by atoms with van der Waals surface area (Å²) >= 11 is 4.78. The summed E-state index contributed by atoms with van der Waals surface area (Å²) in [6.45, 7) is 10.2. The number of amides is 1. The van der Waals surface area contributed by atoms with Crippen molar-refractivity contribution in [1.82, 2.24) is 0 Å². The molecule has 2 aliphatic carbocycles. The van der Waals surface area contributed by atoms with E-state index in [0.29, 0.717) is 39.3 Å². The summed E-state index contributed by atoms with van der Waals surface area (Å²) in [7, 11) is 0. The zero-order chi connectivity index (χ0) is 46.4. The number of carbonyl (C=O) groups is 3. The number of primary amides is 1.